The van der Waals surface area contributed by atoms with Crippen molar-refractivity contribution in [2.24, 2.45) is 0 Å². The lowest BCUT2D eigenvalue weighted by Crippen LogP contribution is -1.90. The second kappa shape index (κ2) is 3.39. The van der Waals surface area contributed by atoms with E-state index in [-0.39, 0.29) is 6.42 Å². The molecule has 0 aliphatic carbocycles. The average Bonchev–Trinajstić information content (AvgIpc) is 2.34. The van der Waals surface area contributed by atoms with E-state index < -0.39 is 5.24 Å². The van der Waals surface area contributed by atoms with Crippen molar-refractivity contribution in [3.8, 4) is 5.88 Å². The summed E-state index contributed by atoms with van der Waals surface area (Å²) in [5, 5.41) is 3.00. The average molecular weight is 176 g/mol. The molecule has 0 N–H and O–H groups in total. The van der Waals surface area contributed by atoms with Crippen LogP contribution in [0.5, 0.6) is 5.88 Å². The number of nitrogens with zero attached hydrogens (tertiary/aromatic N) is 1. The Bertz CT molecular complexity index is 258. The van der Waals surface area contributed by atoms with Gasteiger partial charge in [0.15, 0.2) is 0 Å². The lowest BCUT2D eigenvalue weighted by molar-refractivity contribution is -0.111. The van der Waals surface area contributed by atoms with E-state index in [2.05, 4.69) is 9.68 Å². The third kappa shape index (κ3) is 2.23. The summed E-state index contributed by atoms with van der Waals surface area (Å²) in [6.07, 6.45) is 0.0396. The number of methoxy groups -OCH3 is 1. The molecule has 1 rings (SSSR count). The molecule has 0 saturated carbocycles. The zero-order chi connectivity index (χ0) is 8.27. The molecule has 0 saturated heterocycles. The Labute approximate surface area is 68.1 Å². The normalized spacial score (nSPS) is 9.64. The predicted octanol–water partition coefficient (Wildman–Crippen LogP) is 0.991. The zero-order valence-corrected chi connectivity index (χ0v) is 6.59. The van der Waals surface area contributed by atoms with Gasteiger partial charge in [-0.25, -0.2) is 0 Å². The van der Waals surface area contributed by atoms with Gasteiger partial charge in [0, 0.05) is 6.07 Å². The molecule has 1 aromatic heterocycles. The van der Waals surface area contributed by atoms with Gasteiger partial charge in [-0.15, -0.1) is 0 Å². The SMILES string of the molecule is COc1cc(CC(=O)Cl)on1. The first kappa shape index (κ1) is 8.07. The van der Waals surface area contributed by atoms with E-state index in [0.717, 1.165) is 0 Å². The number of aromatic nitrogens is 1. The maximum atomic E-state index is 10.3. The van der Waals surface area contributed by atoms with E-state index in [1.54, 1.807) is 0 Å². The summed E-state index contributed by atoms with van der Waals surface area (Å²) < 4.78 is 9.40. The minimum atomic E-state index is -0.483. The van der Waals surface area contributed by atoms with Crippen molar-refractivity contribution in [2.45, 2.75) is 6.42 Å². The highest BCUT2D eigenvalue weighted by molar-refractivity contribution is 6.63. The van der Waals surface area contributed by atoms with Gasteiger partial charge in [0.2, 0.25) is 5.24 Å². The standard InChI is InChI=1S/C6H6ClNO3/c1-10-6-3-4(11-8-6)2-5(7)9/h3H,2H2,1H3. The van der Waals surface area contributed by atoms with Gasteiger partial charge < -0.3 is 9.26 Å². The van der Waals surface area contributed by atoms with Crippen molar-refractivity contribution in [3.05, 3.63) is 11.8 Å². The molecule has 1 aromatic rings. The highest BCUT2D eigenvalue weighted by atomic mass is 35.5. The molecule has 60 valence electrons. The first-order valence-corrected chi connectivity index (χ1v) is 3.28. The van der Waals surface area contributed by atoms with Crippen molar-refractivity contribution in [3.63, 3.8) is 0 Å². The number of halogens is 1. The molecule has 0 amide bonds. The largest absolute Gasteiger partial charge is 0.479 e. The maximum Gasteiger partial charge on any atom is 0.254 e. The lowest BCUT2D eigenvalue weighted by Gasteiger charge is -1.84. The van der Waals surface area contributed by atoms with Crippen molar-refractivity contribution in [2.75, 3.05) is 7.11 Å². The molecule has 0 fully saturated rings. The highest BCUT2D eigenvalue weighted by Crippen LogP contribution is 2.11. The Balaban J connectivity index is 2.65. The van der Waals surface area contributed by atoms with Crippen LogP contribution >= 0.6 is 11.6 Å². The maximum absolute atomic E-state index is 10.3. The molecule has 0 bridgehead atoms. The Morgan fingerprint density at radius 3 is 3.09 bits per heavy atom. The molecule has 0 aliphatic rings. The second-order valence-electron chi connectivity index (χ2n) is 1.87. The monoisotopic (exact) mass is 175 g/mol. The van der Waals surface area contributed by atoms with Gasteiger partial charge in [-0.2, -0.15) is 0 Å². The van der Waals surface area contributed by atoms with Crippen LogP contribution in [0.1, 0.15) is 5.76 Å². The molecule has 0 atom stereocenters. The molecule has 4 nitrogen and oxygen atoms in total. The topological polar surface area (TPSA) is 52.3 Å². The number of carbonyl (C=O) groups is 1. The van der Waals surface area contributed by atoms with Gasteiger partial charge in [0.25, 0.3) is 5.88 Å². The summed E-state index contributed by atoms with van der Waals surface area (Å²) in [5.41, 5.74) is 0. The van der Waals surface area contributed by atoms with Crippen LogP contribution in [-0.4, -0.2) is 17.5 Å². The van der Waals surface area contributed by atoms with E-state index in [4.69, 9.17) is 16.3 Å². The van der Waals surface area contributed by atoms with Crippen molar-refractivity contribution < 1.29 is 14.1 Å². The second-order valence-corrected chi connectivity index (χ2v) is 2.29. The molecule has 0 radical (unpaired) electrons. The molecule has 5 heteroatoms. The van der Waals surface area contributed by atoms with Gasteiger partial charge >= 0.3 is 0 Å². The molecular formula is C6H6ClNO3. The van der Waals surface area contributed by atoms with Gasteiger partial charge in [0.1, 0.15) is 5.76 Å². The molecule has 0 aromatic carbocycles. The van der Waals surface area contributed by atoms with E-state index in [0.29, 0.717) is 11.6 Å². The number of carbonyl (C=O) groups excluding carboxylic acids is 1. The summed E-state index contributed by atoms with van der Waals surface area (Å²) in [5.74, 6) is 0.750. The van der Waals surface area contributed by atoms with Crippen LogP contribution in [0.4, 0.5) is 0 Å². The fraction of sp³-hybridized carbons (Fsp3) is 0.333. The third-order valence-corrected chi connectivity index (χ3v) is 1.19. The highest BCUT2D eigenvalue weighted by Gasteiger charge is 2.06. The number of hydrogen-bond acceptors (Lipinski definition) is 4. The molecule has 1 heterocycles. The number of rotatable bonds is 3. The number of hydrogen-bond donors (Lipinski definition) is 0. The van der Waals surface area contributed by atoms with E-state index >= 15 is 0 Å². The van der Waals surface area contributed by atoms with Crippen LogP contribution in [0, 0.1) is 0 Å². The quantitative estimate of drug-likeness (QED) is 0.643. The van der Waals surface area contributed by atoms with Gasteiger partial charge in [-0.1, -0.05) is 0 Å². The van der Waals surface area contributed by atoms with E-state index in [1.807, 2.05) is 0 Å². The predicted molar refractivity (Wildman–Crippen MR) is 37.6 cm³/mol. The smallest absolute Gasteiger partial charge is 0.254 e. The fourth-order valence-electron chi connectivity index (χ4n) is 0.611. The first-order valence-electron chi connectivity index (χ1n) is 2.90. The van der Waals surface area contributed by atoms with Crippen LogP contribution in [0.2, 0.25) is 0 Å². The van der Waals surface area contributed by atoms with E-state index in [1.165, 1.54) is 13.2 Å². The molecule has 0 aliphatic heterocycles. The molecule has 0 unspecified atom stereocenters. The van der Waals surface area contributed by atoms with Crippen LogP contribution < -0.4 is 4.74 Å². The van der Waals surface area contributed by atoms with Gasteiger partial charge in [-0.3, -0.25) is 4.79 Å². The van der Waals surface area contributed by atoms with E-state index in [9.17, 15) is 4.79 Å². The Morgan fingerprint density at radius 1 is 1.91 bits per heavy atom. The van der Waals surface area contributed by atoms with Crippen LogP contribution in [-0.2, 0) is 11.2 Å². The van der Waals surface area contributed by atoms with Crippen LogP contribution in [0.3, 0.4) is 0 Å². The molecule has 11 heavy (non-hydrogen) atoms. The van der Waals surface area contributed by atoms with Crippen LogP contribution in [0.25, 0.3) is 0 Å². The Morgan fingerprint density at radius 2 is 2.64 bits per heavy atom. The summed E-state index contributed by atoms with van der Waals surface area (Å²) in [6, 6.07) is 1.51. The summed E-state index contributed by atoms with van der Waals surface area (Å²) >= 11 is 5.10. The third-order valence-electron chi connectivity index (χ3n) is 1.06. The van der Waals surface area contributed by atoms with Crippen molar-refractivity contribution in [1.82, 2.24) is 5.16 Å². The minimum absolute atomic E-state index is 0.0396. The zero-order valence-electron chi connectivity index (χ0n) is 5.83. The van der Waals surface area contributed by atoms with Gasteiger partial charge in [0.05, 0.1) is 13.5 Å². The van der Waals surface area contributed by atoms with Crippen molar-refractivity contribution >= 4 is 16.8 Å². The van der Waals surface area contributed by atoms with Gasteiger partial charge in [-0.05, 0) is 16.8 Å². The van der Waals surface area contributed by atoms with Crippen LogP contribution in [0.15, 0.2) is 10.6 Å². The molecular weight excluding hydrogens is 170 g/mol. The summed E-state index contributed by atoms with van der Waals surface area (Å²) in [7, 11) is 1.46. The summed E-state index contributed by atoms with van der Waals surface area (Å²) in [6.45, 7) is 0. The fourth-order valence-corrected chi connectivity index (χ4v) is 0.742. The Kier molecular flexibility index (Phi) is 2.48. The molecule has 0 spiro atoms. The van der Waals surface area contributed by atoms with Crippen molar-refractivity contribution in [1.29, 1.82) is 0 Å². The minimum Gasteiger partial charge on any atom is -0.479 e. The Hall–Kier alpha value is -1.03. The lowest BCUT2D eigenvalue weighted by atomic mass is 10.3. The number of ether oxygens (including phenoxy) is 1. The summed E-state index contributed by atoms with van der Waals surface area (Å²) in [4.78, 5) is 10.3. The first-order chi connectivity index (χ1) is 5.22.